The Morgan fingerprint density at radius 3 is 2.22 bits per heavy atom. The van der Waals surface area contributed by atoms with Crippen LogP contribution in [-0.2, 0) is 25.6 Å². The molecule has 1 heterocycles. The number of amides is 2. The van der Waals surface area contributed by atoms with Gasteiger partial charge in [-0.1, -0.05) is 30.7 Å². The summed E-state index contributed by atoms with van der Waals surface area (Å²) in [6.45, 7) is 3.65. The van der Waals surface area contributed by atoms with E-state index in [1.165, 1.54) is 37.3 Å². The smallest absolute Gasteiger partial charge is 0.238 e. The Bertz CT molecular complexity index is 1590. The zero-order valence-electron chi connectivity index (χ0n) is 23.4. The molecule has 41 heavy (non-hydrogen) atoms. The molecule has 0 spiro atoms. The average Bonchev–Trinajstić information content (AvgIpc) is 3.23. The third-order valence-electron chi connectivity index (χ3n) is 8.98. The number of methoxy groups -OCH3 is 2. The van der Waals surface area contributed by atoms with Crippen LogP contribution < -0.4 is 14.4 Å². The molecule has 210 valence electrons. The SMILES string of the molecule is CCc1ccc(N2C(=O)[C@H]3[C@H](CC=C4[C@H](c5c(OC)cc(O)cc5OC)C5=C(C[C@H]43)C(=O)C=C(C)C5=O)C2=O)cc1. The number of hydrogen-bond acceptors (Lipinski definition) is 7. The van der Waals surface area contributed by atoms with Crippen molar-refractivity contribution < 1.29 is 33.8 Å². The maximum absolute atomic E-state index is 14.1. The van der Waals surface area contributed by atoms with Crippen molar-refractivity contribution in [1.29, 1.82) is 0 Å². The number of nitrogens with zero attached hydrogens (tertiary/aromatic N) is 1. The fourth-order valence-electron chi connectivity index (χ4n) is 7.04. The van der Waals surface area contributed by atoms with Gasteiger partial charge >= 0.3 is 0 Å². The van der Waals surface area contributed by atoms with E-state index in [9.17, 15) is 24.3 Å². The molecule has 2 aromatic rings. The van der Waals surface area contributed by atoms with Crippen LogP contribution >= 0.6 is 0 Å². The number of allylic oxidation sites excluding steroid dienone is 6. The van der Waals surface area contributed by atoms with Crippen molar-refractivity contribution >= 4 is 29.1 Å². The van der Waals surface area contributed by atoms with E-state index in [-0.39, 0.29) is 35.6 Å². The van der Waals surface area contributed by atoms with E-state index in [0.717, 1.165) is 17.6 Å². The molecular weight excluding hydrogens is 522 g/mol. The molecule has 4 aliphatic rings. The predicted molar refractivity (Wildman–Crippen MR) is 151 cm³/mol. The molecule has 0 unspecified atom stereocenters. The number of benzene rings is 2. The van der Waals surface area contributed by atoms with Crippen molar-refractivity contribution in [2.24, 2.45) is 17.8 Å². The molecule has 1 aliphatic heterocycles. The largest absolute Gasteiger partial charge is 0.508 e. The number of ketones is 2. The van der Waals surface area contributed by atoms with Crippen LogP contribution in [0.3, 0.4) is 0 Å². The number of imide groups is 1. The fraction of sp³-hybridized carbons (Fsp3) is 0.333. The van der Waals surface area contributed by atoms with Crippen LogP contribution in [0.25, 0.3) is 0 Å². The van der Waals surface area contributed by atoms with Crippen molar-refractivity contribution in [2.45, 2.75) is 39.0 Å². The van der Waals surface area contributed by atoms with Crippen molar-refractivity contribution in [3.05, 3.63) is 82.0 Å². The number of Topliss-reactive ketones (excluding diaryl/α,β-unsaturated/α-hetero) is 1. The summed E-state index contributed by atoms with van der Waals surface area (Å²) in [7, 11) is 2.91. The van der Waals surface area contributed by atoms with Crippen LogP contribution in [0.15, 0.2) is 70.8 Å². The first-order chi connectivity index (χ1) is 19.7. The number of carbonyl (C=O) groups is 4. The number of ether oxygens (including phenoxy) is 2. The molecule has 4 atom stereocenters. The van der Waals surface area contributed by atoms with Crippen LogP contribution in [0.1, 0.15) is 43.7 Å². The molecule has 3 aliphatic carbocycles. The van der Waals surface area contributed by atoms with Gasteiger partial charge in [0, 0.05) is 40.3 Å². The topological polar surface area (TPSA) is 110 Å². The van der Waals surface area contributed by atoms with Gasteiger partial charge in [0.05, 0.1) is 31.7 Å². The minimum absolute atomic E-state index is 0.0786. The standard InChI is InChI=1S/C33H31NO7/c1-5-17-6-8-18(9-7-17)34-32(38)21-11-10-20-22(27(21)33(34)39)15-23-24(36)12-16(2)31(37)29(23)28(20)30-25(40-3)13-19(35)14-26(30)41-4/h6-10,12-14,21-22,27-28,35H,5,11,15H2,1-4H3/t21-,22+,27-,28-/m0/s1. The molecule has 1 saturated heterocycles. The first-order valence-corrected chi connectivity index (χ1v) is 13.8. The summed E-state index contributed by atoms with van der Waals surface area (Å²) in [6, 6.07) is 10.3. The van der Waals surface area contributed by atoms with Gasteiger partial charge in [0.25, 0.3) is 0 Å². The number of rotatable bonds is 5. The zero-order chi connectivity index (χ0) is 29.2. The van der Waals surface area contributed by atoms with Crippen LogP contribution in [0.4, 0.5) is 5.69 Å². The molecule has 0 bridgehead atoms. The second-order valence-electron chi connectivity index (χ2n) is 11.0. The molecule has 1 fully saturated rings. The number of fused-ring (bicyclic) bond motifs is 3. The average molecular weight is 554 g/mol. The van der Waals surface area contributed by atoms with Crippen molar-refractivity contribution in [3.8, 4) is 17.2 Å². The lowest BCUT2D eigenvalue weighted by molar-refractivity contribution is -0.123. The maximum atomic E-state index is 14.1. The first-order valence-electron chi connectivity index (χ1n) is 13.8. The minimum Gasteiger partial charge on any atom is -0.508 e. The third-order valence-corrected chi connectivity index (χ3v) is 8.98. The highest BCUT2D eigenvalue weighted by Gasteiger charge is 2.57. The molecule has 0 aromatic heterocycles. The molecular formula is C33H31NO7. The van der Waals surface area contributed by atoms with Gasteiger partial charge in [0.15, 0.2) is 11.6 Å². The Balaban J connectivity index is 1.52. The summed E-state index contributed by atoms with van der Waals surface area (Å²) in [6.07, 6.45) is 4.64. The number of hydrogen-bond donors (Lipinski definition) is 1. The maximum Gasteiger partial charge on any atom is 0.238 e. The molecule has 0 saturated carbocycles. The van der Waals surface area contributed by atoms with E-state index in [0.29, 0.717) is 45.9 Å². The monoisotopic (exact) mass is 553 g/mol. The van der Waals surface area contributed by atoms with Crippen LogP contribution in [0, 0.1) is 17.8 Å². The molecule has 1 N–H and O–H groups in total. The number of phenolic OH excluding ortho intramolecular Hbond substituents is 1. The molecule has 0 radical (unpaired) electrons. The summed E-state index contributed by atoms with van der Waals surface area (Å²) in [5.74, 6) is -3.07. The predicted octanol–water partition coefficient (Wildman–Crippen LogP) is 4.61. The fourth-order valence-corrected chi connectivity index (χ4v) is 7.04. The highest BCUT2D eigenvalue weighted by atomic mass is 16.5. The second kappa shape index (κ2) is 9.87. The zero-order valence-corrected chi connectivity index (χ0v) is 23.4. The third kappa shape index (κ3) is 3.96. The Hall–Kier alpha value is -4.46. The lowest BCUT2D eigenvalue weighted by Crippen LogP contribution is -2.40. The van der Waals surface area contributed by atoms with Crippen LogP contribution in [0.2, 0.25) is 0 Å². The van der Waals surface area contributed by atoms with E-state index >= 15 is 0 Å². The van der Waals surface area contributed by atoms with E-state index in [4.69, 9.17) is 9.47 Å². The Morgan fingerprint density at radius 1 is 0.951 bits per heavy atom. The van der Waals surface area contributed by atoms with Crippen LogP contribution in [0.5, 0.6) is 17.2 Å². The highest BCUT2D eigenvalue weighted by Crippen LogP contribution is 2.58. The molecule has 8 heteroatoms. The Morgan fingerprint density at radius 2 is 1.61 bits per heavy atom. The first kappa shape index (κ1) is 26.7. The molecule has 2 aromatic carbocycles. The van der Waals surface area contributed by atoms with Crippen molar-refractivity contribution in [2.75, 3.05) is 19.1 Å². The minimum atomic E-state index is -0.754. The Kier molecular flexibility index (Phi) is 6.44. The molecule has 6 rings (SSSR count). The highest BCUT2D eigenvalue weighted by molar-refractivity contribution is 6.25. The quantitative estimate of drug-likeness (QED) is 0.327. The molecule has 8 nitrogen and oxygen atoms in total. The van der Waals surface area contributed by atoms with E-state index in [2.05, 4.69) is 0 Å². The summed E-state index contributed by atoms with van der Waals surface area (Å²) in [5.41, 5.74) is 3.92. The van der Waals surface area contributed by atoms with E-state index < -0.39 is 23.7 Å². The lowest BCUT2D eigenvalue weighted by atomic mass is 9.59. The normalized spacial score (nSPS) is 25.4. The summed E-state index contributed by atoms with van der Waals surface area (Å²) < 4.78 is 11.3. The van der Waals surface area contributed by atoms with Gasteiger partial charge < -0.3 is 14.6 Å². The Labute approximate surface area is 237 Å². The summed E-state index contributed by atoms with van der Waals surface area (Å²) in [5, 5.41) is 10.3. The van der Waals surface area contributed by atoms with Crippen molar-refractivity contribution in [1.82, 2.24) is 0 Å². The van der Waals surface area contributed by atoms with E-state index in [1.807, 2.05) is 25.1 Å². The number of aromatic hydroxyl groups is 1. The van der Waals surface area contributed by atoms with Gasteiger partial charge in [-0.2, -0.15) is 0 Å². The van der Waals surface area contributed by atoms with Gasteiger partial charge in [-0.05, 0) is 55.9 Å². The molecule has 2 amide bonds. The number of anilines is 1. The summed E-state index contributed by atoms with van der Waals surface area (Å²) >= 11 is 0. The van der Waals surface area contributed by atoms with Gasteiger partial charge in [-0.25, -0.2) is 0 Å². The number of carbonyl (C=O) groups excluding carboxylic acids is 4. The van der Waals surface area contributed by atoms with Gasteiger partial charge in [0.2, 0.25) is 11.8 Å². The summed E-state index contributed by atoms with van der Waals surface area (Å²) in [4.78, 5) is 56.1. The van der Waals surface area contributed by atoms with Crippen molar-refractivity contribution in [3.63, 3.8) is 0 Å². The van der Waals surface area contributed by atoms with Gasteiger partial charge in [-0.3, -0.25) is 24.1 Å². The second-order valence-corrected chi connectivity index (χ2v) is 11.0. The van der Waals surface area contributed by atoms with Gasteiger partial charge in [-0.15, -0.1) is 0 Å². The lowest BCUT2D eigenvalue weighted by Gasteiger charge is -2.42. The van der Waals surface area contributed by atoms with E-state index in [1.54, 1.807) is 19.1 Å². The number of phenols is 1. The van der Waals surface area contributed by atoms with Crippen LogP contribution in [-0.4, -0.2) is 42.7 Å². The number of aryl methyl sites for hydroxylation is 1. The van der Waals surface area contributed by atoms with Gasteiger partial charge in [0.1, 0.15) is 17.2 Å².